The van der Waals surface area contributed by atoms with Crippen LogP contribution < -0.4 is 14.2 Å². The van der Waals surface area contributed by atoms with Crippen LogP contribution >= 0.6 is 11.3 Å². The smallest absolute Gasteiger partial charge is 0.303 e. The van der Waals surface area contributed by atoms with Crippen LogP contribution in [0.15, 0.2) is 47.4 Å². The first-order valence-electron chi connectivity index (χ1n) is 11.3. The molecule has 34 heavy (non-hydrogen) atoms. The molecule has 8 heteroatoms. The number of carbonyl (C=O) groups is 1. The van der Waals surface area contributed by atoms with E-state index in [0.29, 0.717) is 35.8 Å². The Kier molecular flexibility index (Phi) is 9.42. The van der Waals surface area contributed by atoms with Gasteiger partial charge in [0.25, 0.3) is 0 Å². The van der Waals surface area contributed by atoms with Gasteiger partial charge in [0.05, 0.1) is 27.4 Å². The molecule has 0 amide bonds. The molecule has 0 aliphatic rings. The van der Waals surface area contributed by atoms with Crippen molar-refractivity contribution >= 4 is 17.3 Å². The summed E-state index contributed by atoms with van der Waals surface area (Å²) in [6.07, 6.45) is 6.47. The number of aliphatic carboxylic acids is 1. The fraction of sp³-hybridized carbons (Fsp3) is 0.423. The number of carboxylic acid groups (broad SMARTS) is 1. The number of aliphatic hydroxyl groups excluding tert-OH is 1. The minimum atomic E-state index is -0.808. The first-order chi connectivity index (χ1) is 16.4. The minimum Gasteiger partial charge on any atom is -0.493 e. The molecule has 0 saturated carbocycles. The predicted molar refractivity (Wildman–Crippen MR) is 132 cm³/mol. The molecule has 0 aliphatic heterocycles. The minimum absolute atomic E-state index is 0.0684. The number of ether oxygens (including phenoxy) is 3. The van der Waals surface area contributed by atoms with Crippen LogP contribution in [0.1, 0.15) is 42.1 Å². The normalized spacial score (nSPS) is 12.8. The van der Waals surface area contributed by atoms with Crippen LogP contribution in [0.25, 0.3) is 0 Å². The van der Waals surface area contributed by atoms with Crippen molar-refractivity contribution in [1.29, 1.82) is 0 Å². The molecule has 1 aromatic carbocycles. The molecule has 2 atom stereocenters. The third kappa shape index (κ3) is 6.77. The van der Waals surface area contributed by atoms with Crippen molar-refractivity contribution in [2.75, 3.05) is 21.3 Å². The number of aromatic nitrogens is 1. The van der Waals surface area contributed by atoms with Crippen LogP contribution in [0.4, 0.5) is 0 Å². The van der Waals surface area contributed by atoms with E-state index in [9.17, 15) is 9.90 Å². The average Bonchev–Trinajstić information content (AvgIpc) is 3.52. The maximum atomic E-state index is 11.4. The molecule has 3 aromatic rings. The Morgan fingerprint density at radius 3 is 2.38 bits per heavy atom. The van der Waals surface area contributed by atoms with E-state index in [1.807, 2.05) is 23.0 Å². The van der Waals surface area contributed by atoms with Crippen molar-refractivity contribution < 1.29 is 29.2 Å². The topological polar surface area (TPSA) is 90.2 Å². The zero-order valence-electron chi connectivity index (χ0n) is 19.9. The van der Waals surface area contributed by atoms with Gasteiger partial charge in [0.2, 0.25) is 5.75 Å². The van der Waals surface area contributed by atoms with E-state index in [4.69, 9.17) is 19.3 Å². The summed E-state index contributed by atoms with van der Waals surface area (Å²) in [5, 5.41) is 24.6. The van der Waals surface area contributed by atoms with Gasteiger partial charge >= 0.3 is 5.97 Å². The highest BCUT2D eigenvalue weighted by molar-refractivity contribution is 7.07. The highest BCUT2D eigenvalue weighted by atomic mass is 32.1. The Labute approximate surface area is 204 Å². The molecule has 3 rings (SSSR count). The number of hydrogen-bond donors (Lipinski definition) is 2. The highest BCUT2D eigenvalue weighted by Gasteiger charge is 2.25. The van der Waals surface area contributed by atoms with Gasteiger partial charge in [-0.2, -0.15) is 11.3 Å². The lowest BCUT2D eigenvalue weighted by atomic mass is 9.90. The van der Waals surface area contributed by atoms with Crippen molar-refractivity contribution in [1.82, 2.24) is 4.57 Å². The summed E-state index contributed by atoms with van der Waals surface area (Å²) in [6.45, 7) is 0.606. The molecule has 0 bridgehead atoms. The van der Waals surface area contributed by atoms with Crippen LogP contribution in [0, 0.1) is 5.92 Å². The number of nitrogens with zero attached hydrogens (tertiary/aromatic N) is 1. The van der Waals surface area contributed by atoms with E-state index >= 15 is 0 Å². The number of benzene rings is 1. The molecule has 0 fully saturated rings. The first-order valence-corrected chi connectivity index (χ1v) is 12.2. The van der Waals surface area contributed by atoms with E-state index in [2.05, 4.69) is 16.8 Å². The average molecular weight is 488 g/mol. The van der Waals surface area contributed by atoms with Gasteiger partial charge < -0.3 is 29.0 Å². The second kappa shape index (κ2) is 12.5. The SMILES string of the molecule is COc1cc(C(O)C(CCCc2ccsc2)Cn2ccc(CCC(=O)O)c2)cc(OC)c1OC. The zero-order valence-corrected chi connectivity index (χ0v) is 20.7. The molecule has 2 unspecified atom stereocenters. The lowest BCUT2D eigenvalue weighted by molar-refractivity contribution is -0.136. The summed E-state index contributed by atoms with van der Waals surface area (Å²) >= 11 is 1.69. The van der Waals surface area contributed by atoms with Gasteiger partial charge in [-0.15, -0.1) is 0 Å². The van der Waals surface area contributed by atoms with Gasteiger partial charge in [-0.05, 0) is 77.4 Å². The van der Waals surface area contributed by atoms with Crippen molar-refractivity contribution in [3.63, 3.8) is 0 Å². The maximum Gasteiger partial charge on any atom is 0.303 e. The Morgan fingerprint density at radius 1 is 1.06 bits per heavy atom. The highest BCUT2D eigenvalue weighted by Crippen LogP contribution is 2.41. The summed E-state index contributed by atoms with van der Waals surface area (Å²) in [6, 6.07) is 7.67. The van der Waals surface area contributed by atoms with Crippen LogP contribution in [-0.4, -0.2) is 42.1 Å². The predicted octanol–water partition coefficient (Wildman–Crippen LogP) is 4.97. The van der Waals surface area contributed by atoms with Crippen molar-refractivity contribution in [3.05, 3.63) is 64.1 Å². The molecule has 0 saturated heterocycles. The lowest BCUT2D eigenvalue weighted by Crippen LogP contribution is -2.19. The van der Waals surface area contributed by atoms with Gasteiger partial charge in [0.1, 0.15) is 0 Å². The number of thiophene rings is 1. The number of carboxylic acids is 1. The number of aliphatic hydroxyl groups is 1. The zero-order chi connectivity index (χ0) is 24.5. The Bertz CT molecular complexity index is 1020. The van der Waals surface area contributed by atoms with Crippen LogP contribution in [0.2, 0.25) is 0 Å². The third-order valence-corrected chi connectivity index (χ3v) is 6.71. The molecule has 2 N–H and O–H groups in total. The Morgan fingerprint density at radius 2 is 1.79 bits per heavy atom. The lowest BCUT2D eigenvalue weighted by Gasteiger charge is -2.25. The fourth-order valence-electron chi connectivity index (χ4n) is 4.17. The molecule has 7 nitrogen and oxygen atoms in total. The van der Waals surface area contributed by atoms with Crippen molar-refractivity contribution in [2.45, 2.75) is 44.8 Å². The molecule has 2 aromatic heterocycles. The van der Waals surface area contributed by atoms with E-state index in [1.165, 1.54) is 5.56 Å². The van der Waals surface area contributed by atoms with E-state index < -0.39 is 12.1 Å². The molecule has 2 heterocycles. The Hall–Kier alpha value is -2.97. The van der Waals surface area contributed by atoms with E-state index in [0.717, 1.165) is 24.8 Å². The van der Waals surface area contributed by atoms with Gasteiger partial charge in [0, 0.05) is 31.3 Å². The van der Waals surface area contributed by atoms with Gasteiger partial charge in [-0.3, -0.25) is 4.79 Å². The second-order valence-corrected chi connectivity index (χ2v) is 9.08. The van der Waals surface area contributed by atoms with Gasteiger partial charge in [0.15, 0.2) is 11.5 Å². The van der Waals surface area contributed by atoms with E-state index in [-0.39, 0.29) is 12.3 Å². The molecular weight excluding hydrogens is 454 g/mol. The quantitative estimate of drug-likeness (QED) is 0.334. The number of methoxy groups -OCH3 is 3. The second-order valence-electron chi connectivity index (χ2n) is 8.30. The van der Waals surface area contributed by atoms with Gasteiger partial charge in [-0.1, -0.05) is 0 Å². The van der Waals surface area contributed by atoms with Crippen LogP contribution in [0.5, 0.6) is 17.2 Å². The number of aryl methyl sites for hydroxylation is 2. The first kappa shape index (κ1) is 25.6. The van der Waals surface area contributed by atoms with Crippen LogP contribution in [0.3, 0.4) is 0 Å². The molecule has 0 radical (unpaired) electrons. The van der Waals surface area contributed by atoms with Crippen molar-refractivity contribution in [3.8, 4) is 17.2 Å². The number of rotatable bonds is 14. The number of hydrogen-bond acceptors (Lipinski definition) is 6. The maximum absolute atomic E-state index is 11.4. The summed E-state index contributed by atoms with van der Waals surface area (Å²) in [5.41, 5.74) is 2.98. The molecular formula is C26H33NO6S. The van der Waals surface area contributed by atoms with Gasteiger partial charge in [-0.25, -0.2) is 0 Å². The van der Waals surface area contributed by atoms with Crippen molar-refractivity contribution in [2.24, 2.45) is 5.92 Å². The summed E-state index contributed by atoms with van der Waals surface area (Å²) in [5.74, 6) is 0.621. The van der Waals surface area contributed by atoms with E-state index in [1.54, 1.807) is 44.8 Å². The summed E-state index contributed by atoms with van der Waals surface area (Å²) in [7, 11) is 4.67. The monoisotopic (exact) mass is 487 g/mol. The summed E-state index contributed by atoms with van der Waals surface area (Å²) < 4.78 is 18.4. The Balaban J connectivity index is 1.81. The standard InChI is InChI=1S/C26H33NO6S/c1-31-22-13-21(14-23(32-2)26(22)33-3)25(30)20(6-4-5-19-10-12-34-17-19)16-27-11-9-18(15-27)7-8-24(28)29/h9-15,17,20,25,30H,4-8,16H2,1-3H3,(H,28,29). The molecule has 0 spiro atoms. The molecule has 0 aliphatic carbocycles. The third-order valence-electron chi connectivity index (χ3n) is 5.98. The summed E-state index contributed by atoms with van der Waals surface area (Å²) in [4.78, 5) is 10.9. The molecule has 184 valence electrons. The van der Waals surface area contributed by atoms with Crippen LogP contribution in [-0.2, 0) is 24.2 Å². The fourth-order valence-corrected chi connectivity index (χ4v) is 4.87. The largest absolute Gasteiger partial charge is 0.493 e.